The summed E-state index contributed by atoms with van der Waals surface area (Å²) in [6.07, 6.45) is 1.16. The summed E-state index contributed by atoms with van der Waals surface area (Å²) in [5.41, 5.74) is 5.13. The first-order chi connectivity index (χ1) is 9.22. The second-order valence-corrected chi connectivity index (χ2v) is 5.25. The lowest BCUT2D eigenvalue weighted by atomic mass is 9.99. The molecule has 98 valence electrons. The van der Waals surface area contributed by atoms with Gasteiger partial charge in [0.25, 0.3) is 0 Å². The van der Waals surface area contributed by atoms with Crippen molar-refractivity contribution in [1.82, 2.24) is 0 Å². The van der Waals surface area contributed by atoms with E-state index in [0.29, 0.717) is 0 Å². The Morgan fingerprint density at radius 1 is 1.16 bits per heavy atom. The van der Waals surface area contributed by atoms with E-state index in [1.54, 1.807) is 0 Å². The van der Waals surface area contributed by atoms with E-state index in [2.05, 4.69) is 43.4 Å². The Kier molecular flexibility index (Phi) is 3.16. The number of fused-ring (bicyclic) bond motifs is 1. The van der Waals surface area contributed by atoms with Crippen LogP contribution in [0, 0.1) is 13.8 Å². The van der Waals surface area contributed by atoms with Gasteiger partial charge in [0.15, 0.2) is 0 Å². The minimum absolute atomic E-state index is 0.204. The second kappa shape index (κ2) is 4.96. The van der Waals surface area contributed by atoms with Gasteiger partial charge in [-0.1, -0.05) is 35.9 Å². The molecule has 0 aliphatic carbocycles. The second-order valence-electron chi connectivity index (χ2n) is 5.25. The van der Waals surface area contributed by atoms with Crippen LogP contribution in [0.25, 0.3) is 0 Å². The van der Waals surface area contributed by atoms with E-state index >= 15 is 0 Å². The fraction of sp³-hybridized carbons (Fsp3) is 0.294. The van der Waals surface area contributed by atoms with Crippen molar-refractivity contribution in [2.24, 2.45) is 0 Å². The number of hydrogen-bond acceptors (Lipinski definition) is 2. The maximum atomic E-state index is 6.07. The number of anilines is 1. The highest BCUT2D eigenvalue weighted by Gasteiger charge is 2.19. The van der Waals surface area contributed by atoms with Crippen LogP contribution in [0.1, 0.15) is 16.7 Å². The molecule has 0 aromatic heterocycles. The van der Waals surface area contributed by atoms with Crippen LogP contribution in [-0.2, 0) is 6.42 Å². The first-order valence-corrected chi connectivity index (χ1v) is 6.78. The van der Waals surface area contributed by atoms with E-state index < -0.39 is 0 Å². The summed E-state index contributed by atoms with van der Waals surface area (Å²) in [5.74, 6) is 0.962. The maximum Gasteiger partial charge on any atom is 0.142 e. The molecule has 0 saturated carbocycles. The summed E-state index contributed by atoms with van der Waals surface area (Å²) < 4.78 is 6.07. The Hall–Kier alpha value is -1.96. The average Bonchev–Trinajstić information content (AvgIpc) is 2.43. The van der Waals surface area contributed by atoms with Crippen molar-refractivity contribution >= 4 is 5.69 Å². The highest BCUT2D eigenvalue weighted by Crippen LogP contribution is 2.29. The Labute approximate surface area is 114 Å². The number of hydrogen-bond donors (Lipinski definition) is 1. The zero-order valence-electron chi connectivity index (χ0n) is 11.4. The van der Waals surface area contributed by atoms with Gasteiger partial charge in [0.2, 0.25) is 0 Å². The van der Waals surface area contributed by atoms with Gasteiger partial charge in [-0.25, -0.2) is 0 Å². The SMILES string of the molecule is Cc1ccc(C)c(CC2CNc3ccccc3O2)c1. The number of para-hydroxylation sites is 2. The van der Waals surface area contributed by atoms with Crippen LogP contribution >= 0.6 is 0 Å². The summed E-state index contributed by atoms with van der Waals surface area (Å²) >= 11 is 0. The molecular weight excluding hydrogens is 234 g/mol. The molecule has 3 rings (SSSR count). The Morgan fingerprint density at radius 2 is 2.00 bits per heavy atom. The lowest BCUT2D eigenvalue weighted by Crippen LogP contribution is -2.32. The van der Waals surface area contributed by atoms with E-state index in [9.17, 15) is 0 Å². The van der Waals surface area contributed by atoms with Gasteiger partial charge < -0.3 is 10.1 Å². The summed E-state index contributed by atoms with van der Waals surface area (Å²) in [6.45, 7) is 5.17. The molecule has 0 fully saturated rings. The normalized spacial score (nSPS) is 17.3. The van der Waals surface area contributed by atoms with Crippen molar-refractivity contribution in [2.45, 2.75) is 26.4 Å². The molecule has 1 N–H and O–H groups in total. The Morgan fingerprint density at radius 3 is 2.89 bits per heavy atom. The highest BCUT2D eigenvalue weighted by atomic mass is 16.5. The molecule has 1 aliphatic rings. The summed E-state index contributed by atoms with van der Waals surface area (Å²) in [5, 5.41) is 3.44. The highest BCUT2D eigenvalue weighted by molar-refractivity contribution is 5.57. The molecule has 0 amide bonds. The maximum absolute atomic E-state index is 6.07. The largest absolute Gasteiger partial charge is 0.486 e. The molecule has 2 heteroatoms. The third-order valence-corrected chi connectivity index (χ3v) is 3.65. The summed E-state index contributed by atoms with van der Waals surface area (Å²) in [4.78, 5) is 0. The fourth-order valence-electron chi connectivity index (χ4n) is 2.54. The monoisotopic (exact) mass is 253 g/mol. The van der Waals surface area contributed by atoms with Crippen LogP contribution in [0.3, 0.4) is 0 Å². The molecule has 0 spiro atoms. The van der Waals surface area contributed by atoms with Gasteiger partial charge >= 0.3 is 0 Å². The number of rotatable bonds is 2. The van der Waals surface area contributed by atoms with Crippen molar-refractivity contribution in [2.75, 3.05) is 11.9 Å². The van der Waals surface area contributed by atoms with E-state index in [1.165, 1.54) is 16.7 Å². The summed E-state index contributed by atoms with van der Waals surface area (Å²) in [7, 11) is 0. The number of benzene rings is 2. The number of ether oxygens (including phenoxy) is 1. The molecule has 2 aromatic carbocycles. The lowest BCUT2D eigenvalue weighted by Gasteiger charge is -2.27. The lowest BCUT2D eigenvalue weighted by molar-refractivity contribution is 0.206. The minimum atomic E-state index is 0.204. The fourth-order valence-corrected chi connectivity index (χ4v) is 2.54. The molecule has 1 aliphatic heterocycles. The average molecular weight is 253 g/mol. The van der Waals surface area contributed by atoms with E-state index in [1.807, 2.05) is 18.2 Å². The molecular formula is C17H19NO. The van der Waals surface area contributed by atoms with Crippen LogP contribution in [0.2, 0.25) is 0 Å². The van der Waals surface area contributed by atoms with Crippen molar-refractivity contribution < 1.29 is 4.74 Å². The summed E-state index contributed by atoms with van der Waals surface area (Å²) in [6, 6.07) is 14.7. The van der Waals surface area contributed by atoms with Crippen LogP contribution in [0.4, 0.5) is 5.69 Å². The van der Waals surface area contributed by atoms with Gasteiger partial charge in [0.05, 0.1) is 12.2 Å². The van der Waals surface area contributed by atoms with Crippen molar-refractivity contribution in [3.05, 3.63) is 59.2 Å². The molecule has 1 atom stereocenters. The van der Waals surface area contributed by atoms with Gasteiger partial charge in [-0.15, -0.1) is 0 Å². The van der Waals surface area contributed by atoms with Gasteiger partial charge in [0, 0.05) is 6.42 Å². The van der Waals surface area contributed by atoms with Crippen LogP contribution < -0.4 is 10.1 Å². The number of nitrogens with one attached hydrogen (secondary N) is 1. The molecule has 2 nitrogen and oxygen atoms in total. The molecule has 19 heavy (non-hydrogen) atoms. The number of aryl methyl sites for hydroxylation is 2. The predicted molar refractivity (Wildman–Crippen MR) is 79.0 cm³/mol. The first-order valence-electron chi connectivity index (χ1n) is 6.78. The zero-order valence-corrected chi connectivity index (χ0v) is 11.4. The van der Waals surface area contributed by atoms with Gasteiger partial charge in [-0.3, -0.25) is 0 Å². The third-order valence-electron chi connectivity index (χ3n) is 3.65. The van der Waals surface area contributed by atoms with Crippen molar-refractivity contribution in [3.63, 3.8) is 0 Å². The Balaban J connectivity index is 1.77. The van der Waals surface area contributed by atoms with Crippen LogP contribution in [0.5, 0.6) is 5.75 Å². The zero-order chi connectivity index (χ0) is 13.2. The predicted octanol–water partition coefficient (Wildman–Crippen LogP) is 3.72. The molecule has 1 heterocycles. The van der Waals surface area contributed by atoms with E-state index in [-0.39, 0.29) is 6.10 Å². The van der Waals surface area contributed by atoms with Crippen LogP contribution in [-0.4, -0.2) is 12.6 Å². The van der Waals surface area contributed by atoms with E-state index in [0.717, 1.165) is 24.4 Å². The van der Waals surface area contributed by atoms with Gasteiger partial charge in [0.1, 0.15) is 11.9 Å². The van der Waals surface area contributed by atoms with Gasteiger partial charge in [-0.2, -0.15) is 0 Å². The molecule has 0 bridgehead atoms. The van der Waals surface area contributed by atoms with Gasteiger partial charge in [-0.05, 0) is 37.1 Å². The smallest absolute Gasteiger partial charge is 0.142 e. The van der Waals surface area contributed by atoms with Crippen LogP contribution in [0.15, 0.2) is 42.5 Å². The molecule has 0 radical (unpaired) electrons. The van der Waals surface area contributed by atoms with Crippen molar-refractivity contribution in [3.8, 4) is 5.75 Å². The molecule has 1 unspecified atom stereocenters. The third kappa shape index (κ3) is 2.58. The topological polar surface area (TPSA) is 21.3 Å². The van der Waals surface area contributed by atoms with E-state index in [4.69, 9.17) is 4.74 Å². The molecule has 2 aromatic rings. The first kappa shape index (κ1) is 12.1. The van der Waals surface area contributed by atoms with Crippen molar-refractivity contribution in [1.29, 1.82) is 0 Å². The Bertz CT molecular complexity index is 592. The minimum Gasteiger partial charge on any atom is -0.486 e. The quantitative estimate of drug-likeness (QED) is 0.880. The standard InChI is InChI=1S/C17H19NO/c1-12-7-8-13(2)14(9-12)10-15-11-18-16-5-3-4-6-17(16)19-15/h3-9,15,18H,10-11H2,1-2H3. The molecule has 0 saturated heterocycles.